The Kier molecular flexibility index (Phi) is 4.41. The van der Waals surface area contributed by atoms with E-state index in [0.717, 1.165) is 11.4 Å². The van der Waals surface area contributed by atoms with Gasteiger partial charge in [0.05, 0.1) is 25.6 Å². The quantitative estimate of drug-likeness (QED) is 0.870. The Morgan fingerprint density at radius 1 is 1.38 bits per heavy atom. The van der Waals surface area contributed by atoms with Crippen molar-refractivity contribution in [1.82, 2.24) is 9.47 Å². The zero-order valence-electron chi connectivity index (χ0n) is 12.2. The fraction of sp³-hybridized carbons (Fsp3) is 0.438. The van der Waals surface area contributed by atoms with Crippen molar-refractivity contribution in [3.8, 4) is 0 Å². The Labute approximate surface area is 128 Å². The lowest BCUT2D eigenvalue weighted by molar-refractivity contribution is -0.132. The summed E-state index contributed by atoms with van der Waals surface area (Å²) in [7, 11) is 0. The summed E-state index contributed by atoms with van der Waals surface area (Å²) in [5.41, 5.74) is 1.18. The molecule has 0 fully saturated rings. The molecule has 0 saturated carbocycles. The van der Waals surface area contributed by atoms with E-state index in [1.165, 1.54) is 5.69 Å². The molecule has 0 spiro atoms. The Balaban J connectivity index is 1.75. The van der Waals surface area contributed by atoms with Gasteiger partial charge in [-0.15, -0.1) is 11.3 Å². The lowest BCUT2D eigenvalue weighted by atomic mass is 10.2. The van der Waals surface area contributed by atoms with Crippen LogP contribution in [0.15, 0.2) is 35.8 Å². The van der Waals surface area contributed by atoms with Crippen LogP contribution in [0.25, 0.3) is 0 Å². The van der Waals surface area contributed by atoms with Crippen LogP contribution in [-0.4, -0.2) is 34.6 Å². The minimum Gasteiger partial charge on any atom is -0.375 e. The Hall–Kier alpha value is -1.59. The average Bonchev–Trinajstić information content (AvgIpc) is 3.08. The van der Waals surface area contributed by atoms with Gasteiger partial charge < -0.3 is 14.2 Å². The van der Waals surface area contributed by atoms with Crippen molar-refractivity contribution in [2.75, 3.05) is 13.2 Å². The molecule has 2 aromatic heterocycles. The predicted molar refractivity (Wildman–Crippen MR) is 83.3 cm³/mol. The highest BCUT2D eigenvalue weighted by atomic mass is 32.1. The predicted octanol–water partition coefficient (Wildman–Crippen LogP) is 2.54. The first-order valence-corrected chi connectivity index (χ1v) is 8.20. The summed E-state index contributed by atoms with van der Waals surface area (Å²) in [5.74, 6) is 0.178. The first kappa shape index (κ1) is 14.4. The number of rotatable bonds is 4. The first-order valence-electron chi connectivity index (χ1n) is 7.32. The van der Waals surface area contributed by atoms with Crippen LogP contribution in [-0.2, 0) is 29.0 Å². The van der Waals surface area contributed by atoms with E-state index in [1.807, 2.05) is 35.4 Å². The molecule has 3 rings (SSSR count). The molecule has 0 aliphatic carbocycles. The van der Waals surface area contributed by atoms with Crippen molar-refractivity contribution >= 4 is 17.2 Å². The van der Waals surface area contributed by atoms with Crippen LogP contribution in [0.4, 0.5) is 0 Å². The molecule has 1 atom stereocenters. The topological polar surface area (TPSA) is 34.5 Å². The van der Waals surface area contributed by atoms with E-state index < -0.39 is 0 Å². The number of hydrogen-bond acceptors (Lipinski definition) is 3. The molecule has 0 radical (unpaired) electrons. The number of fused-ring (bicyclic) bond motifs is 1. The van der Waals surface area contributed by atoms with Crippen LogP contribution >= 0.6 is 11.3 Å². The molecular weight excluding hydrogens is 284 g/mol. The lowest BCUT2D eigenvalue weighted by Crippen LogP contribution is -2.38. The highest BCUT2D eigenvalue weighted by Gasteiger charge is 2.25. The molecule has 5 heteroatoms. The van der Waals surface area contributed by atoms with E-state index in [2.05, 4.69) is 16.8 Å². The monoisotopic (exact) mass is 304 g/mol. The van der Waals surface area contributed by atoms with Gasteiger partial charge in [0.2, 0.25) is 5.91 Å². The maximum absolute atomic E-state index is 12.6. The minimum absolute atomic E-state index is 0.0657. The number of nitrogens with zero attached hydrogens (tertiary/aromatic N) is 2. The van der Waals surface area contributed by atoms with Crippen LogP contribution in [0.1, 0.15) is 17.5 Å². The summed E-state index contributed by atoms with van der Waals surface area (Å²) >= 11 is 1.63. The van der Waals surface area contributed by atoms with Crippen LogP contribution < -0.4 is 0 Å². The fourth-order valence-corrected chi connectivity index (χ4v) is 3.46. The third-order valence-electron chi connectivity index (χ3n) is 3.76. The second-order valence-electron chi connectivity index (χ2n) is 5.26. The number of carbonyl (C=O) groups excluding carboxylic acids is 1. The van der Waals surface area contributed by atoms with Gasteiger partial charge in [0.15, 0.2) is 0 Å². The molecule has 0 saturated heterocycles. The SMILES string of the molecule is CCO[C@H]1CN(C(=O)Cc2cccs2)Cc2cccn2C1. The third-order valence-corrected chi connectivity index (χ3v) is 4.64. The van der Waals surface area contributed by atoms with Crippen LogP contribution in [0, 0.1) is 0 Å². The zero-order chi connectivity index (χ0) is 14.7. The number of amides is 1. The van der Waals surface area contributed by atoms with Gasteiger partial charge in [0, 0.05) is 29.9 Å². The third kappa shape index (κ3) is 3.36. The molecule has 1 aliphatic rings. The van der Waals surface area contributed by atoms with Crippen LogP contribution in [0.5, 0.6) is 0 Å². The highest BCUT2D eigenvalue weighted by Crippen LogP contribution is 2.18. The molecule has 0 unspecified atom stereocenters. The van der Waals surface area contributed by atoms with E-state index in [9.17, 15) is 4.79 Å². The van der Waals surface area contributed by atoms with Crippen LogP contribution in [0.3, 0.4) is 0 Å². The summed E-state index contributed by atoms with van der Waals surface area (Å²) in [5, 5.41) is 2.01. The molecule has 0 N–H and O–H groups in total. The zero-order valence-corrected chi connectivity index (χ0v) is 13.0. The number of carbonyl (C=O) groups is 1. The lowest BCUT2D eigenvalue weighted by Gasteiger charge is -2.24. The Morgan fingerprint density at radius 2 is 2.29 bits per heavy atom. The van der Waals surface area contributed by atoms with Crippen molar-refractivity contribution in [3.63, 3.8) is 0 Å². The summed E-state index contributed by atoms with van der Waals surface area (Å²) < 4.78 is 7.99. The van der Waals surface area contributed by atoms with E-state index in [1.54, 1.807) is 11.3 Å². The standard InChI is InChI=1S/C16H20N2O2S/c1-2-20-14-11-17-7-3-5-13(17)10-18(12-14)16(19)9-15-6-4-8-21-15/h3-8,14H,2,9-12H2,1H3/t14-/m1/s1. The Morgan fingerprint density at radius 3 is 3.05 bits per heavy atom. The fourth-order valence-electron chi connectivity index (χ4n) is 2.76. The molecule has 1 amide bonds. The average molecular weight is 304 g/mol. The number of aromatic nitrogens is 1. The highest BCUT2D eigenvalue weighted by molar-refractivity contribution is 7.10. The summed E-state index contributed by atoms with van der Waals surface area (Å²) in [4.78, 5) is 15.6. The van der Waals surface area contributed by atoms with E-state index in [4.69, 9.17) is 4.74 Å². The summed E-state index contributed by atoms with van der Waals surface area (Å²) in [6, 6.07) is 8.12. The van der Waals surface area contributed by atoms with Crippen LogP contribution in [0.2, 0.25) is 0 Å². The van der Waals surface area contributed by atoms with Gasteiger partial charge in [-0.05, 0) is 30.5 Å². The number of ether oxygens (including phenoxy) is 1. The molecule has 0 bridgehead atoms. The molecule has 2 aromatic rings. The van der Waals surface area contributed by atoms with Gasteiger partial charge in [-0.1, -0.05) is 6.07 Å². The van der Waals surface area contributed by atoms with Gasteiger partial charge in [-0.2, -0.15) is 0 Å². The van der Waals surface area contributed by atoms with E-state index in [0.29, 0.717) is 26.1 Å². The molecule has 112 valence electrons. The molecule has 21 heavy (non-hydrogen) atoms. The van der Waals surface area contributed by atoms with Gasteiger partial charge in [0.1, 0.15) is 0 Å². The largest absolute Gasteiger partial charge is 0.375 e. The second-order valence-corrected chi connectivity index (χ2v) is 6.29. The Bertz CT molecular complexity index is 591. The van der Waals surface area contributed by atoms with Gasteiger partial charge in [0.25, 0.3) is 0 Å². The van der Waals surface area contributed by atoms with Gasteiger partial charge >= 0.3 is 0 Å². The molecule has 3 heterocycles. The van der Waals surface area contributed by atoms with E-state index >= 15 is 0 Å². The molecule has 0 aromatic carbocycles. The molecule has 4 nitrogen and oxygen atoms in total. The number of hydrogen-bond donors (Lipinski definition) is 0. The first-order chi connectivity index (χ1) is 10.3. The minimum atomic E-state index is 0.0657. The van der Waals surface area contributed by atoms with Crippen molar-refractivity contribution in [3.05, 3.63) is 46.4 Å². The second kappa shape index (κ2) is 6.45. The molecule has 1 aliphatic heterocycles. The van der Waals surface area contributed by atoms with E-state index in [-0.39, 0.29) is 12.0 Å². The van der Waals surface area contributed by atoms with Crippen molar-refractivity contribution in [2.45, 2.75) is 32.5 Å². The molecular formula is C16H20N2O2S. The number of thiophene rings is 1. The maximum atomic E-state index is 12.6. The van der Waals surface area contributed by atoms with Crippen molar-refractivity contribution in [2.24, 2.45) is 0 Å². The summed E-state index contributed by atoms with van der Waals surface area (Å²) in [6.07, 6.45) is 2.61. The maximum Gasteiger partial charge on any atom is 0.228 e. The van der Waals surface area contributed by atoms with Crippen molar-refractivity contribution < 1.29 is 9.53 Å². The van der Waals surface area contributed by atoms with Gasteiger partial charge in [-0.25, -0.2) is 0 Å². The summed E-state index contributed by atoms with van der Waals surface area (Å²) in [6.45, 7) is 4.83. The normalized spacial score (nSPS) is 18.3. The van der Waals surface area contributed by atoms with Crippen molar-refractivity contribution in [1.29, 1.82) is 0 Å². The smallest absolute Gasteiger partial charge is 0.228 e. The van der Waals surface area contributed by atoms with Gasteiger partial charge in [-0.3, -0.25) is 4.79 Å².